The van der Waals surface area contributed by atoms with Crippen LogP contribution in [0.25, 0.3) is 0 Å². The van der Waals surface area contributed by atoms with Gasteiger partial charge in [0.15, 0.2) is 5.79 Å². The summed E-state index contributed by atoms with van der Waals surface area (Å²) in [7, 11) is 2.57. The molecule has 0 aromatic heterocycles. The lowest BCUT2D eigenvalue weighted by atomic mass is 9.90. The van der Waals surface area contributed by atoms with Gasteiger partial charge in [-0.25, -0.2) is 4.79 Å². The van der Waals surface area contributed by atoms with Crippen LogP contribution in [0.1, 0.15) is 27.2 Å². The first-order chi connectivity index (χ1) is 12.0. The van der Waals surface area contributed by atoms with Gasteiger partial charge in [-0.05, 0) is 13.8 Å². The smallest absolute Gasteiger partial charge is 0.366 e. The van der Waals surface area contributed by atoms with Gasteiger partial charge in [0.1, 0.15) is 18.3 Å². The molecular weight excluding hydrogens is 461 g/mol. The summed E-state index contributed by atoms with van der Waals surface area (Å²) in [6.07, 6.45) is -2.65. The molecule has 2 aliphatic heterocycles. The predicted molar refractivity (Wildman–Crippen MR) is 97.6 cm³/mol. The topological polar surface area (TPSA) is 113 Å². The first kappa shape index (κ1) is 21.8. The van der Waals surface area contributed by atoms with E-state index in [1.165, 1.54) is 21.1 Å². The Labute approximate surface area is 166 Å². The maximum absolute atomic E-state index is 12.3. The average Bonchev–Trinajstić information content (AvgIpc) is 2.94. The second-order valence-electron chi connectivity index (χ2n) is 6.84. The van der Waals surface area contributed by atoms with Crippen molar-refractivity contribution < 1.29 is 38.4 Å². The lowest BCUT2D eigenvalue weighted by molar-refractivity contribution is -0.289. The fourth-order valence-electron chi connectivity index (χ4n) is 3.22. The molecule has 1 unspecified atom stereocenters. The summed E-state index contributed by atoms with van der Waals surface area (Å²) in [5, 5.41) is 13.7. The third-order valence-electron chi connectivity index (χ3n) is 4.48. The summed E-state index contributed by atoms with van der Waals surface area (Å²) < 4.78 is 27.0. The van der Waals surface area contributed by atoms with Crippen LogP contribution in [-0.2, 0) is 33.3 Å². The quantitative estimate of drug-likeness (QED) is 0.320. The number of rotatable bonds is 5. The number of esters is 1. The zero-order valence-corrected chi connectivity index (χ0v) is 17.6. The van der Waals surface area contributed by atoms with Crippen LogP contribution in [0.3, 0.4) is 0 Å². The second-order valence-corrected chi connectivity index (χ2v) is 8.44. The second kappa shape index (κ2) is 8.23. The van der Waals surface area contributed by atoms with Gasteiger partial charge in [-0.1, -0.05) is 22.6 Å². The highest BCUT2D eigenvalue weighted by Crippen LogP contribution is 2.38. The number of carbonyl (C=O) groups is 2. The molecule has 0 aromatic carbocycles. The van der Waals surface area contributed by atoms with Crippen molar-refractivity contribution in [2.24, 2.45) is 0 Å². The number of carbonyl (C=O) groups excluding carboxylic acids is 2. The third kappa shape index (κ3) is 4.47. The molecule has 9 nitrogen and oxygen atoms in total. The molecule has 1 amide bonds. The van der Waals surface area contributed by atoms with Crippen LogP contribution >= 0.6 is 22.6 Å². The van der Waals surface area contributed by atoms with Crippen LogP contribution < -0.4 is 5.32 Å². The highest BCUT2D eigenvalue weighted by atomic mass is 127. The zero-order valence-electron chi connectivity index (χ0n) is 15.5. The Morgan fingerprint density at radius 3 is 2.42 bits per heavy atom. The van der Waals surface area contributed by atoms with Crippen molar-refractivity contribution in [2.75, 3.05) is 20.8 Å². The minimum absolute atomic E-state index is 0.151. The fraction of sp³-hybridized carbons (Fsp3) is 0.875. The predicted octanol–water partition coefficient (Wildman–Crippen LogP) is 0.112. The van der Waals surface area contributed by atoms with Crippen molar-refractivity contribution in [3.63, 3.8) is 0 Å². The van der Waals surface area contributed by atoms with E-state index >= 15 is 0 Å². The van der Waals surface area contributed by atoms with E-state index < -0.39 is 41.9 Å². The van der Waals surface area contributed by atoms with Crippen molar-refractivity contribution in [3.8, 4) is 0 Å². The molecule has 2 N–H and O–H groups in total. The molecule has 2 heterocycles. The van der Waals surface area contributed by atoms with E-state index in [2.05, 4.69) is 27.9 Å². The number of aliphatic hydroxyl groups is 1. The number of hydrogen-bond donors (Lipinski definition) is 2. The highest BCUT2D eigenvalue weighted by Gasteiger charge is 2.56. The lowest BCUT2D eigenvalue weighted by Crippen LogP contribution is -2.66. The van der Waals surface area contributed by atoms with Crippen molar-refractivity contribution in [3.05, 3.63) is 0 Å². The van der Waals surface area contributed by atoms with Gasteiger partial charge in [-0.3, -0.25) is 4.79 Å². The summed E-state index contributed by atoms with van der Waals surface area (Å²) in [5.74, 6) is -3.49. The van der Waals surface area contributed by atoms with Crippen molar-refractivity contribution >= 4 is 34.5 Å². The summed E-state index contributed by atoms with van der Waals surface area (Å²) in [4.78, 5) is 23.9. The van der Waals surface area contributed by atoms with E-state index in [0.717, 1.165) is 0 Å². The molecule has 10 heteroatoms. The molecule has 2 aliphatic rings. The standard InChI is InChI=1S/C16H26INO8/c1-8(19)18-11-9(17)6-16(23-5,14(21)22-4)26-13(11)12(20)10-7-24-15(2,3)25-10/h9-13,20H,6-7H2,1-5H3,(H,18,19)/t9-,10-,11-,12-,13?,16-/m1/s1. The van der Waals surface area contributed by atoms with Crippen LogP contribution in [0.15, 0.2) is 0 Å². The Morgan fingerprint density at radius 2 is 1.96 bits per heavy atom. The molecule has 0 aromatic rings. The van der Waals surface area contributed by atoms with E-state index in [1.807, 2.05) is 0 Å². The molecule has 0 radical (unpaired) electrons. The number of alkyl halides is 1. The molecule has 0 saturated carbocycles. The largest absolute Gasteiger partial charge is 0.465 e. The molecule has 2 rings (SSSR count). The molecule has 0 spiro atoms. The van der Waals surface area contributed by atoms with Crippen molar-refractivity contribution in [2.45, 2.75) is 67.0 Å². The first-order valence-electron chi connectivity index (χ1n) is 8.27. The van der Waals surface area contributed by atoms with Crippen LogP contribution in [0.5, 0.6) is 0 Å². The average molecular weight is 487 g/mol. The van der Waals surface area contributed by atoms with E-state index in [1.54, 1.807) is 13.8 Å². The Kier molecular flexibility index (Phi) is 6.89. The number of nitrogens with one attached hydrogen (secondary N) is 1. The molecule has 0 aliphatic carbocycles. The normalized spacial score (nSPS) is 37.8. The molecule has 6 atom stereocenters. The van der Waals surface area contributed by atoms with Crippen LogP contribution in [-0.4, -0.2) is 77.7 Å². The molecule has 150 valence electrons. The van der Waals surface area contributed by atoms with Crippen molar-refractivity contribution in [1.29, 1.82) is 0 Å². The summed E-state index contributed by atoms with van der Waals surface area (Å²) in [6, 6.07) is -0.552. The maximum Gasteiger partial charge on any atom is 0.366 e. The van der Waals surface area contributed by atoms with Gasteiger partial charge in [-0.15, -0.1) is 0 Å². The van der Waals surface area contributed by atoms with Gasteiger partial charge in [0.2, 0.25) is 5.91 Å². The van der Waals surface area contributed by atoms with Crippen LogP contribution in [0, 0.1) is 0 Å². The van der Waals surface area contributed by atoms with Gasteiger partial charge in [0, 0.05) is 24.4 Å². The van der Waals surface area contributed by atoms with Crippen molar-refractivity contribution in [1.82, 2.24) is 5.32 Å². The maximum atomic E-state index is 12.3. The van der Waals surface area contributed by atoms with E-state index in [4.69, 9.17) is 23.7 Å². The number of halogens is 1. The van der Waals surface area contributed by atoms with E-state index in [9.17, 15) is 14.7 Å². The number of hydrogen-bond acceptors (Lipinski definition) is 8. The molecule has 2 saturated heterocycles. The number of methoxy groups -OCH3 is 2. The SMILES string of the molecule is COC(=O)[C@@]1(OC)C[C@@H](I)[C@@H](NC(C)=O)C([C@H](O)[C@H]2COC(C)(C)O2)O1. The highest BCUT2D eigenvalue weighted by molar-refractivity contribution is 14.1. The third-order valence-corrected chi connectivity index (χ3v) is 5.69. The Balaban J connectivity index is 2.31. The number of aliphatic hydroxyl groups excluding tert-OH is 1. The minimum atomic E-state index is -1.67. The lowest BCUT2D eigenvalue weighted by Gasteiger charge is -2.46. The van der Waals surface area contributed by atoms with Gasteiger partial charge < -0.3 is 34.1 Å². The monoisotopic (exact) mass is 487 g/mol. The number of amides is 1. The van der Waals surface area contributed by atoms with Gasteiger partial charge in [0.05, 0.1) is 19.8 Å². The Bertz CT molecular complexity index is 544. The number of ether oxygens (including phenoxy) is 5. The molecule has 0 bridgehead atoms. The molecular formula is C16H26INO8. The van der Waals surface area contributed by atoms with Gasteiger partial charge in [-0.2, -0.15) is 0 Å². The van der Waals surface area contributed by atoms with Gasteiger partial charge in [0.25, 0.3) is 5.79 Å². The zero-order chi connectivity index (χ0) is 19.7. The summed E-state index contributed by atoms with van der Waals surface area (Å²) in [6.45, 7) is 5.01. The fourth-order valence-corrected chi connectivity index (χ4v) is 4.39. The summed E-state index contributed by atoms with van der Waals surface area (Å²) in [5.41, 5.74) is 0. The molecule has 2 fully saturated rings. The van der Waals surface area contributed by atoms with Crippen LogP contribution in [0.4, 0.5) is 0 Å². The Hall–Kier alpha value is -0.530. The van der Waals surface area contributed by atoms with Crippen LogP contribution in [0.2, 0.25) is 0 Å². The first-order valence-corrected chi connectivity index (χ1v) is 9.52. The van der Waals surface area contributed by atoms with E-state index in [-0.39, 0.29) is 22.9 Å². The Morgan fingerprint density at radius 1 is 1.31 bits per heavy atom. The molecule has 26 heavy (non-hydrogen) atoms. The minimum Gasteiger partial charge on any atom is -0.465 e. The van der Waals surface area contributed by atoms with E-state index in [0.29, 0.717) is 0 Å². The summed E-state index contributed by atoms with van der Waals surface area (Å²) >= 11 is 2.10. The van der Waals surface area contributed by atoms with Gasteiger partial charge >= 0.3 is 5.97 Å².